The van der Waals surface area contributed by atoms with Crippen molar-refractivity contribution in [3.05, 3.63) is 69.8 Å². The molecule has 1 aromatic heterocycles. The van der Waals surface area contributed by atoms with Crippen LogP contribution in [-0.2, 0) is 0 Å². The Morgan fingerprint density at radius 2 is 1.90 bits per heavy atom. The van der Waals surface area contributed by atoms with E-state index in [9.17, 15) is 23.5 Å². The highest BCUT2D eigenvalue weighted by Gasteiger charge is 2.29. The average molecular weight is 403 g/mol. The molecule has 0 radical (unpaired) electrons. The third-order valence-corrected chi connectivity index (χ3v) is 5.04. The summed E-state index contributed by atoms with van der Waals surface area (Å²) in [4.78, 5) is 25.5. The molecule has 2 aromatic carbocycles. The van der Waals surface area contributed by atoms with E-state index < -0.39 is 45.3 Å². The van der Waals surface area contributed by atoms with Crippen molar-refractivity contribution in [2.24, 2.45) is 5.73 Å². The van der Waals surface area contributed by atoms with Gasteiger partial charge in [0.1, 0.15) is 22.9 Å². The molecule has 1 aliphatic rings. The van der Waals surface area contributed by atoms with Crippen LogP contribution >= 0.6 is 0 Å². The quantitative estimate of drug-likeness (QED) is 0.702. The normalized spacial score (nSPS) is 16.6. The first-order valence-electron chi connectivity index (χ1n) is 8.85. The molecular weight excluding hydrogens is 387 g/mol. The lowest BCUT2D eigenvalue weighted by atomic mass is 10.1. The van der Waals surface area contributed by atoms with Crippen molar-refractivity contribution in [1.82, 2.24) is 4.57 Å². The van der Waals surface area contributed by atoms with Crippen LogP contribution in [0.4, 0.5) is 18.9 Å². The van der Waals surface area contributed by atoms with Crippen LogP contribution in [0.3, 0.4) is 0 Å². The fraction of sp³-hybridized carbons (Fsp3) is 0.200. The number of halogens is 3. The first-order valence-corrected chi connectivity index (χ1v) is 8.85. The second kappa shape index (κ2) is 6.93. The number of para-hydroxylation sites is 1. The van der Waals surface area contributed by atoms with Crippen LogP contribution in [0.25, 0.3) is 16.6 Å². The Hall–Kier alpha value is -3.33. The molecule has 2 heterocycles. The molecule has 3 N–H and O–H groups in total. The highest BCUT2D eigenvalue weighted by atomic mass is 19.1. The molecule has 9 heteroatoms. The number of benzene rings is 2. The number of nitrogens with zero attached hydrogens (tertiary/aromatic N) is 2. The first kappa shape index (κ1) is 19.0. The van der Waals surface area contributed by atoms with Gasteiger partial charge >= 0.3 is 5.97 Å². The lowest BCUT2D eigenvalue weighted by Gasteiger charge is -2.22. The van der Waals surface area contributed by atoms with Gasteiger partial charge in [-0.3, -0.25) is 4.79 Å². The molecule has 0 aliphatic carbocycles. The van der Waals surface area contributed by atoms with Crippen LogP contribution in [0.15, 0.2) is 41.3 Å². The molecule has 4 rings (SSSR count). The Morgan fingerprint density at radius 1 is 1.17 bits per heavy atom. The van der Waals surface area contributed by atoms with Gasteiger partial charge in [0.25, 0.3) is 0 Å². The zero-order chi connectivity index (χ0) is 20.9. The van der Waals surface area contributed by atoms with Crippen molar-refractivity contribution < 1.29 is 23.1 Å². The predicted molar refractivity (Wildman–Crippen MR) is 101 cm³/mol. The maximum Gasteiger partial charge on any atom is 0.341 e. The van der Waals surface area contributed by atoms with E-state index in [-0.39, 0.29) is 24.0 Å². The fourth-order valence-electron chi connectivity index (χ4n) is 3.67. The molecule has 0 spiro atoms. The van der Waals surface area contributed by atoms with E-state index in [0.29, 0.717) is 13.0 Å². The fourth-order valence-corrected chi connectivity index (χ4v) is 3.67. The maximum absolute atomic E-state index is 15.5. The summed E-state index contributed by atoms with van der Waals surface area (Å²) in [5.74, 6) is -4.44. The summed E-state index contributed by atoms with van der Waals surface area (Å²) in [5.41, 5.74) is 3.11. The summed E-state index contributed by atoms with van der Waals surface area (Å²) in [6, 6.07) is 5.84. The number of nitrogens with two attached hydrogens (primary N) is 1. The van der Waals surface area contributed by atoms with Crippen molar-refractivity contribution in [2.45, 2.75) is 12.5 Å². The van der Waals surface area contributed by atoms with Crippen LogP contribution in [0.1, 0.15) is 16.8 Å². The van der Waals surface area contributed by atoms with Crippen molar-refractivity contribution in [2.75, 3.05) is 18.0 Å². The van der Waals surface area contributed by atoms with E-state index >= 15 is 4.39 Å². The summed E-state index contributed by atoms with van der Waals surface area (Å²) in [6.45, 7) is 0.536. The SMILES string of the molecule is NC1CCN(c2c(F)cc3c(=O)c(C(=O)O)cn(-c4ccccc4F)c3c2F)C1. The number of hydrogen-bond donors (Lipinski definition) is 2. The zero-order valence-electron chi connectivity index (χ0n) is 15.0. The Balaban J connectivity index is 2.12. The second-order valence-electron chi connectivity index (χ2n) is 6.91. The number of carboxylic acid groups (broad SMARTS) is 1. The number of aromatic nitrogens is 1. The Morgan fingerprint density at radius 3 is 2.52 bits per heavy atom. The lowest BCUT2D eigenvalue weighted by molar-refractivity contribution is 0.0695. The summed E-state index contributed by atoms with van der Waals surface area (Å²) in [7, 11) is 0. The van der Waals surface area contributed by atoms with Gasteiger partial charge in [0.15, 0.2) is 5.82 Å². The Bertz CT molecular complexity index is 1210. The number of anilines is 1. The minimum atomic E-state index is -1.59. The highest BCUT2D eigenvalue weighted by Crippen LogP contribution is 2.33. The van der Waals surface area contributed by atoms with E-state index in [1.807, 2.05) is 0 Å². The molecule has 1 fully saturated rings. The molecule has 150 valence electrons. The van der Waals surface area contributed by atoms with Gasteiger partial charge in [-0.1, -0.05) is 12.1 Å². The lowest BCUT2D eigenvalue weighted by Crippen LogP contribution is -2.28. The molecule has 0 bridgehead atoms. The third kappa shape index (κ3) is 3.03. The van der Waals surface area contributed by atoms with Gasteiger partial charge in [0.05, 0.1) is 16.6 Å². The average Bonchev–Trinajstić information content (AvgIpc) is 3.09. The van der Waals surface area contributed by atoms with Gasteiger partial charge in [-0.05, 0) is 24.6 Å². The maximum atomic E-state index is 15.5. The molecule has 1 saturated heterocycles. The number of carboxylic acids is 1. The summed E-state index contributed by atoms with van der Waals surface area (Å²) in [5, 5.41) is 8.85. The number of pyridine rings is 1. The smallest absolute Gasteiger partial charge is 0.341 e. The van der Waals surface area contributed by atoms with E-state index in [4.69, 9.17) is 5.73 Å². The Kier molecular flexibility index (Phi) is 4.54. The van der Waals surface area contributed by atoms with Gasteiger partial charge < -0.3 is 20.3 Å². The molecular formula is C20H16F3N3O3. The topological polar surface area (TPSA) is 88.6 Å². The molecule has 0 amide bonds. The molecule has 1 aliphatic heterocycles. The van der Waals surface area contributed by atoms with Crippen LogP contribution < -0.4 is 16.1 Å². The van der Waals surface area contributed by atoms with Gasteiger partial charge in [-0.15, -0.1) is 0 Å². The van der Waals surface area contributed by atoms with Crippen LogP contribution in [-0.4, -0.2) is 34.8 Å². The number of hydrogen-bond acceptors (Lipinski definition) is 4. The third-order valence-electron chi connectivity index (χ3n) is 5.04. The van der Waals surface area contributed by atoms with E-state index in [1.54, 1.807) is 0 Å². The van der Waals surface area contributed by atoms with Crippen LogP contribution in [0.5, 0.6) is 0 Å². The highest BCUT2D eigenvalue weighted by molar-refractivity contribution is 5.94. The minimum absolute atomic E-state index is 0.172. The van der Waals surface area contributed by atoms with Crippen molar-refractivity contribution in [3.8, 4) is 5.69 Å². The number of fused-ring (bicyclic) bond motifs is 1. The molecule has 6 nitrogen and oxygen atoms in total. The van der Waals surface area contributed by atoms with Crippen molar-refractivity contribution in [1.29, 1.82) is 0 Å². The van der Waals surface area contributed by atoms with Crippen LogP contribution in [0.2, 0.25) is 0 Å². The minimum Gasteiger partial charge on any atom is -0.477 e. The van der Waals surface area contributed by atoms with E-state index in [0.717, 1.165) is 22.9 Å². The van der Waals surface area contributed by atoms with Crippen molar-refractivity contribution in [3.63, 3.8) is 0 Å². The monoisotopic (exact) mass is 403 g/mol. The van der Waals surface area contributed by atoms with E-state index in [1.165, 1.54) is 23.1 Å². The number of carbonyl (C=O) groups is 1. The standard InChI is InChI=1S/C20H16F3N3O3/c21-13-3-1-2-4-15(13)26-9-12(20(28)29)19(27)11-7-14(22)18(16(23)17(11)26)25-6-5-10(24)8-25/h1-4,7,9-10H,5-6,8,24H2,(H,28,29). The summed E-state index contributed by atoms with van der Waals surface area (Å²) < 4.78 is 45.7. The number of rotatable bonds is 3. The second-order valence-corrected chi connectivity index (χ2v) is 6.91. The summed E-state index contributed by atoms with van der Waals surface area (Å²) >= 11 is 0. The zero-order valence-corrected chi connectivity index (χ0v) is 15.0. The van der Waals surface area contributed by atoms with Gasteiger partial charge in [-0.25, -0.2) is 18.0 Å². The Labute approximate surface area is 162 Å². The van der Waals surface area contributed by atoms with E-state index in [2.05, 4.69) is 0 Å². The van der Waals surface area contributed by atoms with Gasteiger partial charge in [0, 0.05) is 25.3 Å². The van der Waals surface area contributed by atoms with Gasteiger partial charge in [0.2, 0.25) is 5.43 Å². The first-order chi connectivity index (χ1) is 13.8. The number of aromatic carboxylic acids is 1. The molecule has 1 unspecified atom stereocenters. The summed E-state index contributed by atoms with van der Waals surface area (Å²) in [6.07, 6.45) is 1.39. The predicted octanol–water partition coefficient (Wildman–Crippen LogP) is 2.64. The van der Waals surface area contributed by atoms with Crippen molar-refractivity contribution >= 4 is 22.6 Å². The molecule has 1 atom stereocenters. The molecule has 29 heavy (non-hydrogen) atoms. The van der Waals surface area contributed by atoms with Gasteiger partial charge in [-0.2, -0.15) is 0 Å². The largest absolute Gasteiger partial charge is 0.477 e. The molecule has 0 saturated carbocycles. The van der Waals surface area contributed by atoms with Crippen LogP contribution in [0, 0.1) is 17.5 Å². The molecule has 3 aromatic rings.